The zero-order chi connectivity index (χ0) is 42.0. The van der Waals surface area contributed by atoms with Gasteiger partial charge in [0.25, 0.3) is 0 Å². The second-order valence-corrected chi connectivity index (χ2v) is 15.6. The number of fused-ring (bicyclic) bond motifs is 3. The first-order valence-electron chi connectivity index (χ1n) is 21.1. The molecule has 0 radical (unpaired) electrons. The molecule has 0 aliphatic heterocycles. The Morgan fingerprint density at radius 3 is 1.45 bits per heavy atom. The summed E-state index contributed by atoms with van der Waals surface area (Å²) in [5.74, 6) is 6.50. The van der Waals surface area contributed by atoms with Gasteiger partial charge in [-0.1, -0.05) is 194 Å². The number of hydrogen-bond acceptors (Lipinski definition) is 2. The number of para-hydroxylation sites is 2. The van der Waals surface area contributed by atoms with Crippen LogP contribution in [0.4, 0.5) is 28.4 Å². The monoisotopic (exact) mass is 792 g/mol. The van der Waals surface area contributed by atoms with Crippen LogP contribution in [0, 0.1) is 18.8 Å². The van der Waals surface area contributed by atoms with Gasteiger partial charge in [-0.15, -0.1) is 0 Å². The third-order valence-corrected chi connectivity index (χ3v) is 11.9. The Hall–Kier alpha value is -8.12. The second-order valence-electron chi connectivity index (χ2n) is 15.6. The summed E-state index contributed by atoms with van der Waals surface area (Å²) in [5, 5.41) is 7.03. The maximum atomic E-state index is 4.42. The lowest BCUT2D eigenvalue weighted by atomic mass is 9.86. The summed E-state index contributed by atoms with van der Waals surface area (Å²) in [7, 11) is 0. The maximum Gasteiger partial charge on any atom is 0.0618 e. The number of rotatable bonds is 10. The number of aryl methyl sites for hydroxylation is 1. The third-order valence-electron chi connectivity index (χ3n) is 11.9. The maximum absolute atomic E-state index is 4.42. The van der Waals surface area contributed by atoms with Crippen LogP contribution < -0.4 is 9.80 Å². The van der Waals surface area contributed by atoms with E-state index in [1.807, 2.05) is 18.2 Å². The van der Waals surface area contributed by atoms with Crippen LogP contribution in [0.5, 0.6) is 0 Å². The fourth-order valence-electron chi connectivity index (χ4n) is 9.16. The van der Waals surface area contributed by atoms with E-state index in [0.717, 1.165) is 72.7 Å². The molecule has 0 aromatic heterocycles. The first-order chi connectivity index (χ1) is 30.6. The summed E-state index contributed by atoms with van der Waals surface area (Å²) in [4.78, 5) is 4.72. The SMILES string of the molecule is C=Cc1c(C=C)c(N(C2=CC#CCC=C2)c2ccccc2)c2ccccc2c1-c1ccc(-c2c3ccccc3c(N(c3ccccc3)c3ccc(C)cc3)c3ccccc23)cc1. The summed E-state index contributed by atoms with van der Waals surface area (Å²) in [5.41, 5.74) is 14.4. The van der Waals surface area contributed by atoms with Crippen molar-refractivity contribution in [2.75, 3.05) is 9.80 Å². The molecule has 9 aromatic rings. The highest BCUT2D eigenvalue weighted by Gasteiger charge is 2.25. The van der Waals surface area contributed by atoms with E-state index in [-0.39, 0.29) is 0 Å². The van der Waals surface area contributed by atoms with Gasteiger partial charge < -0.3 is 9.80 Å². The third kappa shape index (κ3) is 6.67. The summed E-state index contributed by atoms with van der Waals surface area (Å²) in [6.07, 6.45) is 11.0. The molecule has 1 aliphatic rings. The molecule has 0 fully saturated rings. The zero-order valence-electron chi connectivity index (χ0n) is 34.7. The van der Waals surface area contributed by atoms with Gasteiger partial charge >= 0.3 is 0 Å². The number of hydrogen-bond donors (Lipinski definition) is 0. The van der Waals surface area contributed by atoms with Gasteiger partial charge in [-0.25, -0.2) is 0 Å². The summed E-state index contributed by atoms with van der Waals surface area (Å²) in [6.45, 7) is 11.0. The van der Waals surface area contributed by atoms with Crippen molar-refractivity contribution < 1.29 is 0 Å². The summed E-state index contributed by atoms with van der Waals surface area (Å²) >= 11 is 0. The molecule has 294 valence electrons. The number of anilines is 5. The molecule has 0 amide bonds. The van der Waals surface area contributed by atoms with Crippen LogP contribution in [-0.2, 0) is 0 Å². The van der Waals surface area contributed by atoms with Gasteiger partial charge in [0.1, 0.15) is 0 Å². The molecular weight excluding hydrogens is 749 g/mol. The van der Waals surface area contributed by atoms with Gasteiger partial charge in [0.05, 0.1) is 17.1 Å². The van der Waals surface area contributed by atoms with Gasteiger partial charge in [0, 0.05) is 51.3 Å². The van der Waals surface area contributed by atoms with Crippen molar-refractivity contribution in [1.82, 2.24) is 0 Å². The van der Waals surface area contributed by atoms with Crippen molar-refractivity contribution >= 4 is 72.9 Å². The lowest BCUT2D eigenvalue weighted by Crippen LogP contribution is -2.17. The Morgan fingerprint density at radius 2 is 0.903 bits per heavy atom. The van der Waals surface area contributed by atoms with Crippen LogP contribution in [0.2, 0.25) is 0 Å². The Morgan fingerprint density at radius 1 is 0.452 bits per heavy atom. The highest BCUT2D eigenvalue weighted by molar-refractivity contribution is 6.22. The molecule has 0 N–H and O–H groups in total. The van der Waals surface area contributed by atoms with E-state index in [2.05, 4.69) is 236 Å². The Bertz CT molecular complexity index is 3230. The van der Waals surface area contributed by atoms with Crippen molar-refractivity contribution in [3.63, 3.8) is 0 Å². The minimum Gasteiger partial charge on any atom is -0.309 e. The quantitative estimate of drug-likeness (QED) is 0.101. The van der Waals surface area contributed by atoms with Crippen molar-refractivity contribution in [2.45, 2.75) is 13.3 Å². The topological polar surface area (TPSA) is 6.48 Å². The Balaban J connectivity index is 1.18. The molecule has 0 unspecified atom stereocenters. The fourth-order valence-corrected chi connectivity index (χ4v) is 9.16. The molecule has 1 aliphatic carbocycles. The van der Waals surface area contributed by atoms with Crippen molar-refractivity contribution in [3.8, 4) is 34.1 Å². The van der Waals surface area contributed by atoms with Gasteiger partial charge in [-0.05, 0) is 93.4 Å². The standard InChI is InChI=1S/C60H44N2/c1-4-49-50(5-2)59(61(46-24-12-8-13-25-46)45-22-10-6-7-11-23-45)54-31-19-16-28-51(54)57(49)43-36-38-44(39-37-43)58-52-29-17-20-32-55(52)60(56-33-21-18-30-53(56)58)62(47-26-14-9-15-27-47)48-40-34-42(3)35-41-48/h4-5,8-10,12-41H,1-2,6H2,3H3. The van der Waals surface area contributed by atoms with Gasteiger partial charge in [-0.2, -0.15) is 0 Å². The molecule has 0 bridgehead atoms. The van der Waals surface area contributed by atoms with Gasteiger partial charge in [0.15, 0.2) is 0 Å². The highest BCUT2D eigenvalue weighted by Crippen LogP contribution is 2.50. The molecule has 0 spiro atoms. The Kier molecular flexibility index (Phi) is 10.1. The van der Waals surface area contributed by atoms with Crippen LogP contribution >= 0.6 is 0 Å². The minimum atomic E-state index is 0.708. The number of benzene rings is 9. The minimum absolute atomic E-state index is 0.708. The summed E-state index contributed by atoms with van der Waals surface area (Å²) in [6, 6.07) is 65.6. The van der Waals surface area contributed by atoms with E-state index in [0.29, 0.717) is 6.42 Å². The van der Waals surface area contributed by atoms with Crippen LogP contribution in [0.3, 0.4) is 0 Å². The van der Waals surface area contributed by atoms with Crippen LogP contribution in [0.15, 0.2) is 219 Å². The number of nitrogens with zero attached hydrogens (tertiary/aromatic N) is 2. The molecule has 0 heterocycles. The van der Waals surface area contributed by atoms with Gasteiger partial charge in [0.2, 0.25) is 0 Å². The van der Waals surface area contributed by atoms with Crippen molar-refractivity contribution in [1.29, 1.82) is 0 Å². The smallest absolute Gasteiger partial charge is 0.0618 e. The van der Waals surface area contributed by atoms with E-state index in [1.165, 1.54) is 32.7 Å². The van der Waals surface area contributed by atoms with E-state index >= 15 is 0 Å². The first-order valence-corrected chi connectivity index (χ1v) is 21.1. The molecule has 0 saturated carbocycles. The fraction of sp³-hybridized carbons (Fsp3) is 0.0333. The van der Waals surface area contributed by atoms with Crippen LogP contribution in [-0.4, -0.2) is 0 Å². The molecule has 9 aromatic carbocycles. The van der Waals surface area contributed by atoms with E-state index in [4.69, 9.17) is 0 Å². The zero-order valence-corrected chi connectivity index (χ0v) is 34.7. The molecule has 62 heavy (non-hydrogen) atoms. The largest absolute Gasteiger partial charge is 0.309 e. The van der Waals surface area contributed by atoms with E-state index < -0.39 is 0 Å². The molecular formula is C60H44N2. The van der Waals surface area contributed by atoms with Crippen molar-refractivity contribution in [3.05, 3.63) is 236 Å². The average molecular weight is 793 g/mol. The van der Waals surface area contributed by atoms with Crippen LogP contribution in [0.1, 0.15) is 23.1 Å². The summed E-state index contributed by atoms with van der Waals surface area (Å²) < 4.78 is 0. The lowest BCUT2D eigenvalue weighted by molar-refractivity contribution is 1.21. The van der Waals surface area contributed by atoms with Crippen molar-refractivity contribution in [2.24, 2.45) is 0 Å². The van der Waals surface area contributed by atoms with Crippen LogP contribution in [0.25, 0.3) is 66.7 Å². The predicted molar refractivity (Wildman–Crippen MR) is 268 cm³/mol. The second kappa shape index (κ2) is 16.5. The van der Waals surface area contributed by atoms with Gasteiger partial charge in [-0.3, -0.25) is 0 Å². The molecule has 10 rings (SSSR count). The average Bonchev–Trinajstić information content (AvgIpc) is 3.62. The predicted octanol–water partition coefficient (Wildman–Crippen LogP) is 16.5. The van der Waals surface area contributed by atoms with E-state index in [9.17, 15) is 0 Å². The molecule has 0 atom stereocenters. The lowest BCUT2D eigenvalue weighted by Gasteiger charge is -2.31. The first kappa shape index (κ1) is 38.1. The van der Waals surface area contributed by atoms with E-state index in [1.54, 1.807) is 0 Å². The molecule has 0 saturated heterocycles. The number of allylic oxidation sites excluding steroid dienone is 3. The normalized spacial score (nSPS) is 12.0. The molecule has 2 nitrogen and oxygen atoms in total. The molecule has 2 heteroatoms. The Labute approximate surface area is 364 Å². The highest BCUT2D eigenvalue weighted by atomic mass is 15.2.